The van der Waals surface area contributed by atoms with Crippen LogP contribution in [-0.2, 0) is 4.79 Å². The van der Waals surface area contributed by atoms with Gasteiger partial charge in [0.15, 0.2) is 0 Å². The minimum atomic E-state index is -0.519. The van der Waals surface area contributed by atoms with Crippen LogP contribution in [0, 0.1) is 0 Å². The van der Waals surface area contributed by atoms with E-state index in [0.717, 1.165) is 24.9 Å². The van der Waals surface area contributed by atoms with Gasteiger partial charge in [0.25, 0.3) is 0 Å². The first-order valence-electron chi connectivity index (χ1n) is 8.36. The maximum Gasteiger partial charge on any atom is 0.237 e. The van der Waals surface area contributed by atoms with Crippen LogP contribution in [0.2, 0.25) is 0 Å². The summed E-state index contributed by atoms with van der Waals surface area (Å²) in [7, 11) is 0. The number of aliphatic hydroxyl groups is 1. The zero-order valence-corrected chi connectivity index (χ0v) is 13.7. The van der Waals surface area contributed by atoms with E-state index in [1.54, 1.807) is 0 Å². The fourth-order valence-electron chi connectivity index (χ4n) is 3.15. The van der Waals surface area contributed by atoms with E-state index >= 15 is 0 Å². The molecule has 0 saturated carbocycles. The predicted octanol–water partition coefficient (Wildman–Crippen LogP) is 2.49. The summed E-state index contributed by atoms with van der Waals surface area (Å²) in [5.74, 6) is 0.105. The maximum atomic E-state index is 12.4. The van der Waals surface area contributed by atoms with Gasteiger partial charge in [0.2, 0.25) is 5.91 Å². The van der Waals surface area contributed by atoms with Crippen molar-refractivity contribution in [3.63, 3.8) is 0 Å². The number of nitrogens with one attached hydrogen (secondary N) is 1. The molecular formula is C18H28N2O2. The Balaban J connectivity index is 1.79. The van der Waals surface area contributed by atoms with Gasteiger partial charge < -0.3 is 10.4 Å². The summed E-state index contributed by atoms with van der Waals surface area (Å²) in [4.78, 5) is 14.7. The molecule has 1 aromatic carbocycles. The third-order valence-electron chi connectivity index (χ3n) is 4.41. The average molecular weight is 304 g/mol. The molecule has 1 aromatic rings. The zero-order chi connectivity index (χ0) is 15.9. The van der Waals surface area contributed by atoms with Crippen LogP contribution in [0.1, 0.15) is 51.2 Å². The summed E-state index contributed by atoms with van der Waals surface area (Å²) in [6.45, 7) is 5.80. The number of likely N-dealkylation sites (tertiary alicyclic amines) is 1. The van der Waals surface area contributed by atoms with Gasteiger partial charge in [-0.05, 0) is 45.2 Å². The summed E-state index contributed by atoms with van der Waals surface area (Å²) >= 11 is 0. The van der Waals surface area contributed by atoms with E-state index in [1.807, 2.05) is 30.3 Å². The van der Waals surface area contributed by atoms with E-state index < -0.39 is 6.10 Å². The number of rotatable bonds is 6. The van der Waals surface area contributed by atoms with E-state index in [1.165, 1.54) is 6.42 Å². The first-order chi connectivity index (χ1) is 10.6. The van der Waals surface area contributed by atoms with Crippen LogP contribution in [-0.4, -0.2) is 41.1 Å². The molecule has 2 rings (SSSR count). The Morgan fingerprint density at radius 2 is 2.05 bits per heavy atom. The highest BCUT2D eigenvalue weighted by Crippen LogP contribution is 2.20. The van der Waals surface area contributed by atoms with Crippen LogP contribution < -0.4 is 5.32 Å². The highest BCUT2D eigenvalue weighted by Gasteiger charge is 2.29. The number of hydrogen-bond acceptors (Lipinski definition) is 3. The van der Waals surface area contributed by atoms with E-state index in [2.05, 4.69) is 24.1 Å². The molecule has 1 aliphatic rings. The Morgan fingerprint density at radius 1 is 1.32 bits per heavy atom. The normalized spacial score (nSPS) is 20.8. The Morgan fingerprint density at radius 3 is 2.73 bits per heavy atom. The molecule has 22 heavy (non-hydrogen) atoms. The van der Waals surface area contributed by atoms with Crippen LogP contribution >= 0.6 is 0 Å². The maximum absolute atomic E-state index is 12.4. The van der Waals surface area contributed by atoms with Crippen LogP contribution in [0.15, 0.2) is 30.3 Å². The van der Waals surface area contributed by atoms with Crippen molar-refractivity contribution >= 4 is 5.91 Å². The molecule has 0 radical (unpaired) electrons. The molecule has 0 aromatic heterocycles. The van der Waals surface area contributed by atoms with Gasteiger partial charge in [-0.1, -0.05) is 36.8 Å². The van der Waals surface area contributed by atoms with Crippen molar-refractivity contribution in [2.24, 2.45) is 0 Å². The zero-order valence-electron chi connectivity index (χ0n) is 13.7. The summed E-state index contributed by atoms with van der Waals surface area (Å²) in [6, 6.07) is 9.97. The van der Waals surface area contributed by atoms with Crippen LogP contribution in [0.4, 0.5) is 0 Å². The Bertz CT molecular complexity index is 461. The number of nitrogens with zero attached hydrogens (tertiary/aromatic N) is 1. The lowest BCUT2D eigenvalue weighted by molar-refractivity contribution is -0.128. The second-order valence-electron chi connectivity index (χ2n) is 6.35. The third-order valence-corrected chi connectivity index (χ3v) is 4.41. The van der Waals surface area contributed by atoms with E-state index in [0.29, 0.717) is 19.0 Å². The van der Waals surface area contributed by atoms with E-state index in [9.17, 15) is 9.90 Å². The van der Waals surface area contributed by atoms with Gasteiger partial charge in [-0.3, -0.25) is 9.69 Å². The number of carbonyl (C=O) groups is 1. The monoisotopic (exact) mass is 304 g/mol. The van der Waals surface area contributed by atoms with E-state index in [-0.39, 0.29) is 11.9 Å². The molecule has 2 N–H and O–H groups in total. The highest BCUT2D eigenvalue weighted by molar-refractivity contribution is 5.81. The standard InChI is InChI=1S/C18H28N2O2/c1-14(2)20-13-7-6-10-16(20)18(22)19-12-11-17(21)15-8-4-3-5-9-15/h3-5,8-9,14,16-17,21H,6-7,10-13H2,1-2H3,(H,19,22)/t16-,17+/m1/s1. The van der Waals surface area contributed by atoms with Crippen molar-refractivity contribution in [3.8, 4) is 0 Å². The second kappa shape index (κ2) is 8.30. The lowest BCUT2D eigenvalue weighted by Crippen LogP contribution is -2.52. The number of hydrogen-bond donors (Lipinski definition) is 2. The number of amides is 1. The van der Waals surface area contributed by atoms with E-state index in [4.69, 9.17) is 0 Å². The molecule has 1 heterocycles. The third kappa shape index (κ3) is 4.55. The van der Waals surface area contributed by atoms with Crippen LogP contribution in [0.3, 0.4) is 0 Å². The number of piperidine rings is 1. The summed E-state index contributed by atoms with van der Waals surface area (Å²) in [6.07, 6.45) is 3.26. The molecule has 0 aliphatic carbocycles. The molecule has 2 atom stereocenters. The number of carbonyl (C=O) groups excluding carboxylic acids is 1. The topological polar surface area (TPSA) is 52.6 Å². The summed E-state index contributed by atoms with van der Waals surface area (Å²) in [5.41, 5.74) is 0.901. The molecule has 4 heteroatoms. The lowest BCUT2D eigenvalue weighted by atomic mass is 9.99. The fraction of sp³-hybridized carbons (Fsp3) is 0.611. The molecule has 0 bridgehead atoms. The Kier molecular flexibility index (Phi) is 6.40. The van der Waals surface area contributed by atoms with Crippen molar-refractivity contribution < 1.29 is 9.90 Å². The van der Waals surface area contributed by atoms with Crippen molar-refractivity contribution in [2.75, 3.05) is 13.1 Å². The van der Waals surface area contributed by atoms with Gasteiger partial charge in [-0.15, -0.1) is 0 Å². The molecule has 1 amide bonds. The highest BCUT2D eigenvalue weighted by atomic mass is 16.3. The number of aliphatic hydroxyl groups excluding tert-OH is 1. The molecular weight excluding hydrogens is 276 g/mol. The van der Waals surface area contributed by atoms with Gasteiger partial charge in [0.1, 0.15) is 0 Å². The molecule has 1 aliphatic heterocycles. The molecule has 4 nitrogen and oxygen atoms in total. The molecule has 1 fully saturated rings. The van der Waals surface area contributed by atoms with Gasteiger partial charge in [-0.25, -0.2) is 0 Å². The quantitative estimate of drug-likeness (QED) is 0.849. The predicted molar refractivity (Wildman–Crippen MR) is 88.5 cm³/mol. The summed E-state index contributed by atoms with van der Waals surface area (Å²) in [5, 5.41) is 13.1. The van der Waals surface area contributed by atoms with Crippen LogP contribution in [0.25, 0.3) is 0 Å². The lowest BCUT2D eigenvalue weighted by Gasteiger charge is -2.37. The van der Waals surface area contributed by atoms with Gasteiger partial charge in [0.05, 0.1) is 12.1 Å². The van der Waals surface area contributed by atoms with Crippen molar-refractivity contribution in [3.05, 3.63) is 35.9 Å². The largest absolute Gasteiger partial charge is 0.388 e. The Hall–Kier alpha value is -1.39. The van der Waals surface area contributed by atoms with Gasteiger partial charge >= 0.3 is 0 Å². The minimum absolute atomic E-state index is 0.0115. The van der Waals surface area contributed by atoms with Gasteiger partial charge in [0, 0.05) is 12.6 Å². The van der Waals surface area contributed by atoms with Crippen molar-refractivity contribution in [2.45, 2.75) is 57.7 Å². The van der Waals surface area contributed by atoms with Crippen LogP contribution in [0.5, 0.6) is 0 Å². The summed E-state index contributed by atoms with van der Waals surface area (Å²) < 4.78 is 0. The molecule has 0 spiro atoms. The molecule has 122 valence electrons. The SMILES string of the molecule is CC(C)N1CCCC[C@@H]1C(=O)NCC[C@H](O)c1ccccc1. The fourth-order valence-corrected chi connectivity index (χ4v) is 3.15. The Labute approximate surface area is 133 Å². The van der Waals surface area contributed by atoms with Crippen molar-refractivity contribution in [1.29, 1.82) is 0 Å². The molecule has 0 unspecified atom stereocenters. The number of benzene rings is 1. The first-order valence-corrected chi connectivity index (χ1v) is 8.36. The second-order valence-corrected chi connectivity index (χ2v) is 6.35. The van der Waals surface area contributed by atoms with Gasteiger partial charge in [-0.2, -0.15) is 0 Å². The molecule has 1 saturated heterocycles. The average Bonchev–Trinajstić information content (AvgIpc) is 2.55. The van der Waals surface area contributed by atoms with Crippen molar-refractivity contribution in [1.82, 2.24) is 10.2 Å². The minimum Gasteiger partial charge on any atom is -0.388 e. The smallest absolute Gasteiger partial charge is 0.237 e. The first kappa shape index (κ1) is 17.0.